The van der Waals surface area contributed by atoms with Crippen LogP contribution in [-0.4, -0.2) is 11.5 Å². The van der Waals surface area contributed by atoms with Crippen LogP contribution < -0.4 is 11.5 Å². The Kier molecular flexibility index (Phi) is 3.70. The van der Waals surface area contributed by atoms with Crippen LogP contribution in [0.15, 0.2) is 24.5 Å². The summed E-state index contributed by atoms with van der Waals surface area (Å²) in [5, 5.41) is 0. The van der Waals surface area contributed by atoms with Gasteiger partial charge >= 0.3 is 0 Å². The molecule has 1 aromatic rings. The van der Waals surface area contributed by atoms with Crippen molar-refractivity contribution in [2.24, 2.45) is 11.5 Å². The SMILES string of the molecule is NCCCC(N)c1cccnc1. The Morgan fingerprint density at radius 3 is 2.92 bits per heavy atom. The maximum Gasteiger partial charge on any atom is 0.0315 e. The third-order valence-electron chi connectivity index (χ3n) is 1.83. The monoisotopic (exact) mass is 165 g/mol. The normalized spacial score (nSPS) is 12.8. The van der Waals surface area contributed by atoms with Gasteiger partial charge in [0.25, 0.3) is 0 Å². The van der Waals surface area contributed by atoms with Crippen molar-refractivity contribution in [3.63, 3.8) is 0 Å². The van der Waals surface area contributed by atoms with Gasteiger partial charge in [0, 0.05) is 18.4 Å². The van der Waals surface area contributed by atoms with Gasteiger partial charge < -0.3 is 11.5 Å². The fourth-order valence-electron chi connectivity index (χ4n) is 1.10. The highest BCUT2D eigenvalue weighted by Gasteiger charge is 2.03. The summed E-state index contributed by atoms with van der Waals surface area (Å²) in [5.74, 6) is 0. The van der Waals surface area contributed by atoms with Crippen LogP contribution in [0.4, 0.5) is 0 Å². The summed E-state index contributed by atoms with van der Waals surface area (Å²) in [6.07, 6.45) is 5.46. The lowest BCUT2D eigenvalue weighted by atomic mass is 10.1. The zero-order valence-electron chi connectivity index (χ0n) is 7.11. The molecule has 0 bridgehead atoms. The van der Waals surface area contributed by atoms with Gasteiger partial charge in [-0.2, -0.15) is 0 Å². The van der Waals surface area contributed by atoms with Gasteiger partial charge in [0.05, 0.1) is 0 Å². The minimum absolute atomic E-state index is 0.0854. The molecule has 0 aromatic carbocycles. The predicted molar refractivity (Wildman–Crippen MR) is 49.5 cm³/mol. The summed E-state index contributed by atoms with van der Waals surface area (Å²) in [5.41, 5.74) is 12.4. The molecule has 0 saturated heterocycles. The van der Waals surface area contributed by atoms with Gasteiger partial charge in [0.1, 0.15) is 0 Å². The average molecular weight is 165 g/mol. The number of hydrogen-bond acceptors (Lipinski definition) is 3. The van der Waals surface area contributed by atoms with Crippen LogP contribution in [0.1, 0.15) is 24.4 Å². The quantitative estimate of drug-likeness (QED) is 0.694. The minimum Gasteiger partial charge on any atom is -0.330 e. The van der Waals surface area contributed by atoms with Crippen LogP contribution in [0.5, 0.6) is 0 Å². The fraction of sp³-hybridized carbons (Fsp3) is 0.444. The number of aromatic nitrogens is 1. The first-order valence-electron chi connectivity index (χ1n) is 4.20. The van der Waals surface area contributed by atoms with E-state index in [4.69, 9.17) is 11.5 Å². The number of pyridine rings is 1. The lowest BCUT2D eigenvalue weighted by Gasteiger charge is -2.09. The Morgan fingerprint density at radius 1 is 1.50 bits per heavy atom. The molecule has 0 aliphatic rings. The molecule has 0 radical (unpaired) electrons. The Hall–Kier alpha value is -0.930. The molecule has 12 heavy (non-hydrogen) atoms. The van der Waals surface area contributed by atoms with Gasteiger partial charge in [-0.15, -0.1) is 0 Å². The van der Waals surface area contributed by atoms with Crippen molar-refractivity contribution in [2.75, 3.05) is 6.54 Å². The molecule has 3 heteroatoms. The molecular weight excluding hydrogens is 150 g/mol. The Balaban J connectivity index is 2.48. The second kappa shape index (κ2) is 4.85. The summed E-state index contributed by atoms with van der Waals surface area (Å²) in [6.45, 7) is 0.702. The van der Waals surface area contributed by atoms with E-state index in [2.05, 4.69) is 4.98 Å². The standard InChI is InChI=1S/C9H15N3/c10-5-1-4-9(11)8-3-2-6-12-7-8/h2-3,6-7,9H,1,4-5,10-11H2. The summed E-state index contributed by atoms with van der Waals surface area (Å²) in [4.78, 5) is 4.00. The van der Waals surface area contributed by atoms with E-state index in [9.17, 15) is 0 Å². The summed E-state index contributed by atoms with van der Waals surface area (Å²) in [6, 6.07) is 3.98. The molecule has 0 aliphatic carbocycles. The average Bonchev–Trinajstić information content (AvgIpc) is 2.15. The molecule has 1 rings (SSSR count). The molecule has 1 unspecified atom stereocenters. The van der Waals surface area contributed by atoms with Crippen molar-refractivity contribution >= 4 is 0 Å². The molecule has 1 atom stereocenters. The molecule has 66 valence electrons. The summed E-state index contributed by atoms with van der Waals surface area (Å²) in [7, 11) is 0. The smallest absolute Gasteiger partial charge is 0.0315 e. The van der Waals surface area contributed by atoms with E-state index in [-0.39, 0.29) is 6.04 Å². The first-order chi connectivity index (χ1) is 5.84. The van der Waals surface area contributed by atoms with Gasteiger partial charge in [-0.1, -0.05) is 6.07 Å². The highest BCUT2D eigenvalue weighted by atomic mass is 14.7. The van der Waals surface area contributed by atoms with Crippen LogP contribution in [0.25, 0.3) is 0 Å². The van der Waals surface area contributed by atoms with E-state index < -0.39 is 0 Å². The van der Waals surface area contributed by atoms with Crippen molar-refractivity contribution in [2.45, 2.75) is 18.9 Å². The molecule has 0 fully saturated rings. The van der Waals surface area contributed by atoms with Crippen LogP contribution in [0, 0.1) is 0 Å². The summed E-state index contributed by atoms with van der Waals surface area (Å²) < 4.78 is 0. The van der Waals surface area contributed by atoms with Crippen molar-refractivity contribution in [1.29, 1.82) is 0 Å². The van der Waals surface area contributed by atoms with Crippen LogP contribution >= 0.6 is 0 Å². The maximum absolute atomic E-state index is 5.89. The van der Waals surface area contributed by atoms with E-state index in [1.807, 2.05) is 12.1 Å². The molecule has 4 N–H and O–H groups in total. The molecule has 1 aromatic heterocycles. The first kappa shape index (κ1) is 9.16. The van der Waals surface area contributed by atoms with E-state index in [1.54, 1.807) is 12.4 Å². The second-order valence-electron chi connectivity index (χ2n) is 2.82. The number of rotatable bonds is 4. The van der Waals surface area contributed by atoms with Gasteiger partial charge in [0.2, 0.25) is 0 Å². The van der Waals surface area contributed by atoms with Crippen LogP contribution in [0.3, 0.4) is 0 Å². The number of nitrogens with two attached hydrogens (primary N) is 2. The number of hydrogen-bond donors (Lipinski definition) is 2. The van der Waals surface area contributed by atoms with Gasteiger partial charge in [-0.05, 0) is 31.0 Å². The molecule has 0 saturated carbocycles. The van der Waals surface area contributed by atoms with Crippen molar-refractivity contribution in [3.8, 4) is 0 Å². The van der Waals surface area contributed by atoms with Crippen molar-refractivity contribution in [1.82, 2.24) is 4.98 Å². The van der Waals surface area contributed by atoms with Gasteiger partial charge in [-0.25, -0.2) is 0 Å². The zero-order chi connectivity index (χ0) is 8.81. The largest absolute Gasteiger partial charge is 0.330 e. The van der Waals surface area contributed by atoms with E-state index >= 15 is 0 Å². The third kappa shape index (κ3) is 2.60. The van der Waals surface area contributed by atoms with Gasteiger partial charge in [0.15, 0.2) is 0 Å². The predicted octanol–water partition coefficient (Wildman–Crippen LogP) is 0.820. The highest BCUT2D eigenvalue weighted by Crippen LogP contribution is 2.12. The molecule has 3 nitrogen and oxygen atoms in total. The molecule has 0 amide bonds. The summed E-state index contributed by atoms with van der Waals surface area (Å²) >= 11 is 0. The molecule has 0 spiro atoms. The molecular formula is C9H15N3. The van der Waals surface area contributed by atoms with Crippen LogP contribution in [0.2, 0.25) is 0 Å². The Bertz CT molecular complexity index is 210. The van der Waals surface area contributed by atoms with E-state index in [1.165, 1.54) is 0 Å². The minimum atomic E-state index is 0.0854. The topological polar surface area (TPSA) is 64.9 Å². The fourth-order valence-corrected chi connectivity index (χ4v) is 1.10. The van der Waals surface area contributed by atoms with E-state index in [0.29, 0.717) is 6.54 Å². The Labute approximate surface area is 72.8 Å². The Morgan fingerprint density at radius 2 is 2.33 bits per heavy atom. The van der Waals surface area contributed by atoms with Crippen molar-refractivity contribution in [3.05, 3.63) is 30.1 Å². The third-order valence-corrected chi connectivity index (χ3v) is 1.83. The van der Waals surface area contributed by atoms with Crippen molar-refractivity contribution < 1.29 is 0 Å². The second-order valence-corrected chi connectivity index (χ2v) is 2.82. The molecule has 0 aliphatic heterocycles. The number of nitrogens with zero attached hydrogens (tertiary/aromatic N) is 1. The molecule has 1 heterocycles. The van der Waals surface area contributed by atoms with E-state index in [0.717, 1.165) is 18.4 Å². The highest BCUT2D eigenvalue weighted by molar-refractivity contribution is 5.12. The maximum atomic E-state index is 5.89. The lowest BCUT2D eigenvalue weighted by Crippen LogP contribution is -2.12. The van der Waals surface area contributed by atoms with Crippen LogP contribution in [-0.2, 0) is 0 Å². The lowest BCUT2D eigenvalue weighted by molar-refractivity contribution is 0.616. The van der Waals surface area contributed by atoms with Gasteiger partial charge in [-0.3, -0.25) is 4.98 Å². The zero-order valence-corrected chi connectivity index (χ0v) is 7.11. The first-order valence-corrected chi connectivity index (χ1v) is 4.20.